The average molecular weight is 115 g/mol. The van der Waals surface area contributed by atoms with Crippen molar-refractivity contribution in [1.29, 1.82) is 0 Å². The molecule has 42 valence electrons. The smallest absolute Gasteiger partial charge is 0.357 e. The Morgan fingerprint density at radius 2 is 2.50 bits per heavy atom. The van der Waals surface area contributed by atoms with Crippen LogP contribution in [0.1, 0.15) is 0 Å². The highest BCUT2D eigenvalue weighted by molar-refractivity contribution is 6.43. The summed E-state index contributed by atoms with van der Waals surface area (Å²) < 4.78 is 11.8. The van der Waals surface area contributed by atoms with Gasteiger partial charge in [-0.25, -0.2) is 14.2 Å². The Morgan fingerprint density at radius 3 is 2.50 bits per heavy atom. The summed E-state index contributed by atoms with van der Waals surface area (Å²) in [6.07, 6.45) is 0.865. The van der Waals surface area contributed by atoms with Crippen molar-refractivity contribution < 1.29 is 14.3 Å². The normalized spacial score (nSPS) is 16.1. The van der Waals surface area contributed by atoms with Crippen LogP contribution in [0.3, 0.4) is 0 Å². The lowest BCUT2D eigenvalue weighted by molar-refractivity contribution is -0.129. The zero-order valence-corrected chi connectivity index (χ0v) is 3.76. The molecule has 0 aromatic heterocycles. The van der Waals surface area contributed by atoms with Gasteiger partial charge in [0.05, 0.1) is 6.20 Å². The summed E-state index contributed by atoms with van der Waals surface area (Å²) in [5.41, 5.74) is -0.481. The first kappa shape index (κ1) is 4.96. The van der Waals surface area contributed by atoms with Crippen LogP contribution in [0.4, 0.5) is 4.39 Å². The lowest BCUT2D eigenvalue weighted by Crippen LogP contribution is -2.17. The van der Waals surface area contributed by atoms with E-state index in [-0.39, 0.29) is 0 Å². The monoisotopic (exact) mass is 115 g/mol. The van der Waals surface area contributed by atoms with Gasteiger partial charge in [0.25, 0.3) is 0 Å². The molecule has 0 spiro atoms. The summed E-state index contributed by atoms with van der Waals surface area (Å²) in [6.45, 7) is 0. The van der Waals surface area contributed by atoms with E-state index in [1.54, 1.807) is 0 Å². The molecular formula is C4H2FNO2. The molecule has 1 heterocycles. The molecule has 3 nitrogen and oxygen atoms in total. The fraction of sp³-hybridized carbons (Fsp3) is 0. The quantitative estimate of drug-likeness (QED) is 0.535. The number of aliphatic imine (C=N–C) groups is 1. The maximum absolute atomic E-state index is 11.8. The number of nitrogens with zero attached hydrogens (tertiary/aromatic N) is 1. The third-order valence-corrected chi connectivity index (χ3v) is 0.736. The highest BCUT2D eigenvalue weighted by atomic mass is 19.1. The lowest BCUT2D eigenvalue weighted by atomic mass is 10.3. The summed E-state index contributed by atoms with van der Waals surface area (Å²) in [5.74, 6) is -2.07. The van der Waals surface area contributed by atoms with Crippen molar-refractivity contribution in [3.8, 4) is 0 Å². The molecule has 0 unspecified atom stereocenters. The van der Waals surface area contributed by atoms with Gasteiger partial charge in [0, 0.05) is 0 Å². The van der Waals surface area contributed by atoms with E-state index in [0.29, 0.717) is 0 Å². The zero-order chi connectivity index (χ0) is 6.15. The standard InChI is InChI=1S/C4H2FNO2/c5-2-1-6-3(2)4(7)8/h1H,(H,7,8). The minimum absolute atomic E-state index is 0.481. The predicted molar refractivity (Wildman–Crippen MR) is 24.3 cm³/mol. The van der Waals surface area contributed by atoms with Gasteiger partial charge in [-0.3, -0.25) is 0 Å². The van der Waals surface area contributed by atoms with Gasteiger partial charge in [-0.1, -0.05) is 0 Å². The van der Waals surface area contributed by atoms with Crippen molar-refractivity contribution in [2.24, 2.45) is 4.99 Å². The van der Waals surface area contributed by atoms with Crippen molar-refractivity contribution in [2.75, 3.05) is 0 Å². The molecule has 0 aliphatic carbocycles. The first-order chi connectivity index (χ1) is 3.72. The second-order valence-corrected chi connectivity index (χ2v) is 1.26. The number of carbonyl (C=O) groups is 1. The third kappa shape index (κ3) is 0.501. The summed E-state index contributed by atoms with van der Waals surface area (Å²) >= 11 is 0. The second-order valence-electron chi connectivity index (χ2n) is 1.26. The van der Waals surface area contributed by atoms with Gasteiger partial charge in [-0.05, 0) is 0 Å². The van der Waals surface area contributed by atoms with Gasteiger partial charge in [0.1, 0.15) is 0 Å². The van der Waals surface area contributed by atoms with Gasteiger partial charge in [0.2, 0.25) is 0 Å². The fourth-order valence-corrected chi connectivity index (χ4v) is 0.335. The average Bonchev–Trinajstić information content (AvgIpc) is 1.61. The van der Waals surface area contributed by atoms with Crippen molar-refractivity contribution >= 4 is 11.7 Å². The molecule has 0 saturated carbocycles. The first-order valence-electron chi connectivity index (χ1n) is 1.89. The molecule has 0 radical (unpaired) electrons. The van der Waals surface area contributed by atoms with Crippen LogP contribution in [0.2, 0.25) is 0 Å². The van der Waals surface area contributed by atoms with Crippen LogP contribution in [0.25, 0.3) is 0 Å². The van der Waals surface area contributed by atoms with E-state index in [0.717, 1.165) is 6.20 Å². The number of hydrogen-bond acceptors (Lipinski definition) is 2. The van der Waals surface area contributed by atoms with Gasteiger partial charge < -0.3 is 5.11 Å². The first-order valence-corrected chi connectivity index (χ1v) is 1.89. The summed E-state index contributed by atoms with van der Waals surface area (Å²) in [4.78, 5) is 12.9. The van der Waals surface area contributed by atoms with Crippen LogP contribution in [0.5, 0.6) is 0 Å². The van der Waals surface area contributed by atoms with E-state index < -0.39 is 17.5 Å². The molecule has 0 fully saturated rings. The summed E-state index contributed by atoms with van der Waals surface area (Å²) in [5, 5.41) is 7.99. The molecule has 1 aliphatic rings. The molecule has 0 amide bonds. The molecule has 0 atom stereocenters. The van der Waals surface area contributed by atoms with Crippen molar-refractivity contribution in [1.82, 2.24) is 0 Å². The van der Waals surface area contributed by atoms with E-state index in [2.05, 4.69) is 4.99 Å². The Bertz CT molecular complexity index is 188. The van der Waals surface area contributed by atoms with E-state index >= 15 is 0 Å². The molecule has 8 heavy (non-hydrogen) atoms. The van der Waals surface area contributed by atoms with E-state index in [1.807, 2.05) is 0 Å². The maximum atomic E-state index is 11.8. The van der Waals surface area contributed by atoms with E-state index in [1.165, 1.54) is 0 Å². The molecule has 1 rings (SSSR count). The number of rotatable bonds is 1. The van der Waals surface area contributed by atoms with Gasteiger partial charge in [-0.15, -0.1) is 0 Å². The number of aliphatic carboxylic acids is 1. The minimum atomic E-state index is -1.31. The van der Waals surface area contributed by atoms with Crippen LogP contribution < -0.4 is 0 Å². The van der Waals surface area contributed by atoms with Crippen LogP contribution in [-0.4, -0.2) is 16.8 Å². The lowest BCUT2D eigenvalue weighted by Gasteiger charge is -2.00. The van der Waals surface area contributed by atoms with Crippen LogP contribution in [0, 0.1) is 0 Å². The highest BCUT2D eigenvalue weighted by Gasteiger charge is 2.20. The van der Waals surface area contributed by atoms with Crippen LogP contribution in [-0.2, 0) is 4.79 Å². The van der Waals surface area contributed by atoms with Gasteiger partial charge >= 0.3 is 5.97 Å². The highest BCUT2D eigenvalue weighted by Crippen LogP contribution is 2.09. The van der Waals surface area contributed by atoms with E-state index in [9.17, 15) is 9.18 Å². The molecule has 0 saturated heterocycles. The molecule has 0 aromatic rings. The number of halogens is 1. The Labute approximate surface area is 44.2 Å². The topological polar surface area (TPSA) is 49.7 Å². The molecule has 1 aliphatic heterocycles. The minimum Gasteiger partial charge on any atom is -0.476 e. The maximum Gasteiger partial charge on any atom is 0.357 e. The molecular weight excluding hydrogens is 113 g/mol. The van der Waals surface area contributed by atoms with Crippen molar-refractivity contribution in [3.05, 3.63) is 12.0 Å². The number of hydrogen-bond donors (Lipinski definition) is 1. The largest absolute Gasteiger partial charge is 0.476 e. The van der Waals surface area contributed by atoms with Crippen LogP contribution >= 0.6 is 0 Å². The Balaban J connectivity index is 2.66. The molecule has 0 aromatic carbocycles. The molecule has 1 N–H and O–H groups in total. The third-order valence-electron chi connectivity index (χ3n) is 0.736. The Kier molecular flexibility index (Phi) is 0.865. The van der Waals surface area contributed by atoms with Crippen molar-refractivity contribution in [2.45, 2.75) is 0 Å². The predicted octanol–water partition coefficient (Wildman–Crippen LogP) is 0.337. The second kappa shape index (κ2) is 1.40. The molecule has 0 bridgehead atoms. The van der Waals surface area contributed by atoms with Gasteiger partial charge in [0.15, 0.2) is 11.5 Å². The Hall–Kier alpha value is -1.19. The molecule has 4 heteroatoms. The SMILES string of the molecule is O=C(O)C1=NC=C1F. The Morgan fingerprint density at radius 1 is 1.88 bits per heavy atom. The summed E-state index contributed by atoms with van der Waals surface area (Å²) in [7, 11) is 0. The van der Waals surface area contributed by atoms with Gasteiger partial charge in [-0.2, -0.15) is 0 Å². The summed E-state index contributed by atoms with van der Waals surface area (Å²) in [6, 6.07) is 0. The van der Waals surface area contributed by atoms with E-state index in [4.69, 9.17) is 5.11 Å². The zero-order valence-electron chi connectivity index (χ0n) is 3.76. The number of carboxylic acids is 1. The number of carboxylic acid groups (broad SMARTS) is 1. The van der Waals surface area contributed by atoms with Crippen molar-refractivity contribution in [3.63, 3.8) is 0 Å². The van der Waals surface area contributed by atoms with Crippen LogP contribution in [0.15, 0.2) is 17.0 Å². The fourth-order valence-electron chi connectivity index (χ4n) is 0.335.